The van der Waals surface area contributed by atoms with Gasteiger partial charge in [-0.3, -0.25) is 0 Å². The second-order valence-electron chi connectivity index (χ2n) is 6.28. The van der Waals surface area contributed by atoms with E-state index < -0.39 is 0 Å². The number of rotatable bonds is 3. The molecule has 0 N–H and O–H groups in total. The van der Waals surface area contributed by atoms with Gasteiger partial charge in [-0.15, -0.1) is 0 Å². The summed E-state index contributed by atoms with van der Waals surface area (Å²) in [6.07, 6.45) is 2.77. The Hall–Kier alpha value is -2.39. The normalized spacial score (nSPS) is 12.8. The molecule has 2 heterocycles. The average molecular weight is 336 g/mol. The molecule has 0 aromatic heterocycles. The first kappa shape index (κ1) is 15.2. The summed E-state index contributed by atoms with van der Waals surface area (Å²) in [5.41, 5.74) is 4.42. The molecular weight excluding hydrogens is 318 g/mol. The van der Waals surface area contributed by atoms with Crippen LogP contribution in [0.3, 0.4) is 0 Å². The van der Waals surface area contributed by atoms with E-state index in [-0.39, 0.29) is 5.92 Å². The number of benzene rings is 2. The Kier molecular flexibility index (Phi) is 3.73. The highest BCUT2D eigenvalue weighted by atomic mass is 35.5. The molecule has 1 unspecified atom stereocenters. The molecule has 0 radical (unpaired) electrons. The second kappa shape index (κ2) is 5.91. The zero-order chi connectivity index (χ0) is 16.7. The third-order valence-corrected chi connectivity index (χ3v) is 4.78. The van der Waals surface area contributed by atoms with Crippen molar-refractivity contribution in [1.82, 2.24) is 14.5 Å². The van der Waals surface area contributed by atoms with Gasteiger partial charge in [-0.2, -0.15) is 0 Å². The predicted molar refractivity (Wildman–Crippen MR) is 98.7 cm³/mol. The van der Waals surface area contributed by atoms with E-state index in [9.17, 15) is 0 Å². The van der Waals surface area contributed by atoms with Crippen molar-refractivity contribution in [3.8, 4) is 11.5 Å². The smallest absolute Gasteiger partial charge is 0.160 e. The Morgan fingerprint density at radius 1 is 1.12 bits per heavy atom. The molecule has 0 bridgehead atoms. The number of hydrogen-bond donors (Lipinski definition) is 0. The quantitative estimate of drug-likeness (QED) is 0.523. The third-order valence-electron chi connectivity index (χ3n) is 4.54. The Labute approximate surface area is 146 Å². The van der Waals surface area contributed by atoms with Crippen LogP contribution in [-0.2, 0) is 13.5 Å². The van der Waals surface area contributed by atoms with Crippen LogP contribution in [0.1, 0.15) is 24.1 Å². The second-order valence-corrected chi connectivity index (χ2v) is 6.71. The van der Waals surface area contributed by atoms with E-state index in [2.05, 4.69) is 40.7 Å². The molecule has 0 amide bonds. The highest BCUT2D eigenvalue weighted by Crippen LogP contribution is 2.32. The molecule has 4 heteroatoms. The molecule has 0 fully saturated rings. The number of hydrogen-bond acceptors (Lipinski definition) is 2. The molecule has 0 saturated heterocycles. The van der Waals surface area contributed by atoms with Crippen LogP contribution in [0.2, 0.25) is 5.02 Å². The highest BCUT2D eigenvalue weighted by molar-refractivity contribution is 6.31. The average Bonchev–Trinajstić information content (AvgIpc) is 2.62. The highest BCUT2D eigenvalue weighted by Gasteiger charge is 2.19. The van der Waals surface area contributed by atoms with Gasteiger partial charge < -0.3 is 4.57 Å². The number of nitrogens with zero attached hydrogens (tertiary/aromatic N) is 3. The van der Waals surface area contributed by atoms with E-state index in [4.69, 9.17) is 16.6 Å². The summed E-state index contributed by atoms with van der Waals surface area (Å²) < 4.78 is 2.09. The number of fused-ring (bicyclic) bond motifs is 2. The molecule has 2 aromatic carbocycles. The van der Waals surface area contributed by atoms with Gasteiger partial charge >= 0.3 is 0 Å². The van der Waals surface area contributed by atoms with Crippen LogP contribution in [0.25, 0.3) is 22.4 Å². The third kappa shape index (κ3) is 2.55. The fourth-order valence-corrected chi connectivity index (χ4v) is 3.44. The molecule has 2 aliphatic heterocycles. The standard InChI is InChI=1S/C20H18ClN3/c1-13(10-14-6-4-3-5-7-14)19-16-11-15(21)8-9-18(16)24(2)20-17(23-19)12-22-20/h3-9,11-13H,10H2,1-2H3. The molecule has 4 rings (SSSR count). The maximum atomic E-state index is 6.28. The van der Waals surface area contributed by atoms with Crippen molar-refractivity contribution in [1.29, 1.82) is 0 Å². The summed E-state index contributed by atoms with van der Waals surface area (Å²) in [5, 5.41) is 1.82. The van der Waals surface area contributed by atoms with Crippen molar-refractivity contribution in [2.24, 2.45) is 7.05 Å². The lowest BCUT2D eigenvalue weighted by Crippen LogP contribution is -2.04. The Morgan fingerprint density at radius 2 is 1.92 bits per heavy atom. The predicted octanol–water partition coefficient (Wildman–Crippen LogP) is 5.07. The lowest BCUT2D eigenvalue weighted by Gasteiger charge is -2.12. The molecule has 3 nitrogen and oxygen atoms in total. The molecule has 0 spiro atoms. The van der Waals surface area contributed by atoms with Crippen molar-refractivity contribution in [2.75, 3.05) is 0 Å². The zero-order valence-corrected chi connectivity index (χ0v) is 14.5. The van der Waals surface area contributed by atoms with Crippen molar-refractivity contribution in [2.45, 2.75) is 19.3 Å². The maximum absolute atomic E-state index is 6.28. The van der Waals surface area contributed by atoms with E-state index in [0.29, 0.717) is 0 Å². The lowest BCUT2D eigenvalue weighted by atomic mass is 9.95. The Morgan fingerprint density at radius 3 is 2.62 bits per heavy atom. The fraction of sp³-hybridized carbons (Fsp3) is 0.200. The molecule has 1 atom stereocenters. The summed E-state index contributed by atoms with van der Waals surface area (Å²) in [7, 11) is 2.03. The number of aryl methyl sites for hydroxylation is 1. The van der Waals surface area contributed by atoms with Gasteiger partial charge in [-0.05, 0) is 30.2 Å². The summed E-state index contributed by atoms with van der Waals surface area (Å²) in [6, 6.07) is 16.5. The minimum absolute atomic E-state index is 0.277. The van der Waals surface area contributed by atoms with Gasteiger partial charge in [0.25, 0.3) is 0 Å². The van der Waals surface area contributed by atoms with Gasteiger partial charge in [0.15, 0.2) is 5.82 Å². The van der Waals surface area contributed by atoms with Gasteiger partial charge in [-0.25, -0.2) is 9.97 Å². The molecule has 2 aromatic rings. The van der Waals surface area contributed by atoms with E-state index in [1.807, 2.05) is 37.5 Å². The topological polar surface area (TPSA) is 30.7 Å². The molecule has 0 saturated carbocycles. The van der Waals surface area contributed by atoms with E-state index in [0.717, 1.165) is 39.6 Å². The lowest BCUT2D eigenvalue weighted by molar-refractivity contribution is 0.739. The largest absolute Gasteiger partial charge is 0.327 e. The monoisotopic (exact) mass is 335 g/mol. The zero-order valence-electron chi connectivity index (χ0n) is 13.7. The van der Waals surface area contributed by atoms with Crippen LogP contribution in [0, 0.1) is 0 Å². The SMILES string of the molecule is CC(Cc1ccccc1)c1nc2cnc-2n(C)c2ccc(Cl)cc12. The maximum Gasteiger partial charge on any atom is 0.160 e. The van der Waals surface area contributed by atoms with Crippen LogP contribution < -0.4 is 0 Å². The van der Waals surface area contributed by atoms with E-state index in [1.54, 1.807) is 0 Å². The summed E-state index contributed by atoms with van der Waals surface area (Å²) >= 11 is 6.28. The van der Waals surface area contributed by atoms with Gasteiger partial charge in [0.05, 0.1) is 17.4 Å². The summed E-state index contributed by atoms with van der Waals surface area (Å²) in [6.45, 7) is 2.22. The van der Waals surface area contributed by atoms with Crippen LogP contribution in [-0.4, -0.2) is 14.5 Å². The first-order valence-corrected chi connectivity index (χ1v) is 8.46. The van der Waals surface area contributed by atoms with Gasteiger partial charge in [-0.1, -0.05) is 48.9 Å². The van der Waals surface area contributed by atoms with Crippen LogP contribution in [0.4, 0.5) is 0 Å². The molecule has 2 aliphatic rings. The molecule has 24 heavy (non-hydrogen) atoms. The van der Waals surface area contributed by atoms with Gasteiger partial charge in [0.1, 0.15) is 5.69 Å². The van der Waals surface area contributed by atoms with Gasteiger partial charge in [0.2, 0.25) is 0 Å². The molecular formula is C20H18ClN3. The van der Waals surface area contributed by atoms with Crippen molar-refractivity contribution in [3.63, 3.8) is 0 Å². The summed E-state index contributed by atoms with van der Waals surface area (Å²) in [4.78, 5) is 9.29. The fourth-order valence-electron chi connectivity index (χ4n) is 3.27. The molecule has 0 aliphatic carbocycles. The Balaban J connectivity index is 1.91. The van der Waals surface area contributed by atoms with Gasteiger partial charge in [0, 0.05) is 23.4 Å². The number of aromatic nitrogens is 3. The first-order valence-electron chi connectivity index (χ1n) is 8.08. The van der Waals surface area contributed by atoms with E-state index >= 15 is 0 Å². The minimum Gasteiger partial charge on any atom is -0.327 e. The Bertz CT molecular complexity index is 975. The summed E-state index contributed by atoms with van der Waals surface area (Å²) in [5.74, 6) is 1.19. The van der Waals surface area contributed by atoms with Crippen molar-refractivity contribution >= 4 is 22.5 Å². The van der Waals surface area contributed by atoms with E-state index in [1.165, 1.54) is 5.56 Å². The minimum atomic E-state index is 0.277. The van der Waals surface area contributed by atoms with Crippen molar-refractivity contribution in [3.05, 3.63) is 71.0 Å². The molecule has 120 valence electrons. The van der Waals surface area contributed by atoms with Crippen LogP contribution >= 0.6 is 11.6 Å². The number of halogens is 1. The first-order chi connectivity index (χ1) is 11.6. The van der Waals surface area contributed by atoms with Crippen LogP contribution in [0.5, 0.6) is 0 Å². The van der Waals surface area contributed by atoms with Crippen LogP contribution in [0.15, 0.2) is 54.7 Å². The van der Waals surface area contributed by atoms with Crippen molar-refractivity contribution < 1.29 is 0 Å².